The van der Waals surface area contributed by atoms with E-state index in [1.165, 1.54) is 6.07 Å². The monoisotopic (exact) mass is 341 g/mol. The van der Waals surface area contributed by atoms with E-state index in [2.05, 4.69) is 0 Å². The topological polar surface area (TPSA) is 38.8 Å². The number of ether oxygens (including phenoxy) is 2. The van der Waals surface area contributed by atoms with Crippen molar-refractivity contribution >= 4 is 17.5 Å². The summed E-state index contributed by atoms with van der Waals surface area (Å²) in [6, 6.07) is 4.45. The maximum absolute atomic E-state index is 14.3. The Hall–Kier alpha value is -1.17. The van der Waals surface area contributed by atoms with E-state index >= 15 is 0 Å². The first-order chi connectivity index (χ1) is 10.8. The lowest BCUT2D eigenvalue weighted by molar-refractivity contribution is -0.155. The molecule has 1 aromatic carbocycles. The highest BCUT2D eigenvalue weighted by Crippen LogP contribution is 2.33. The number of hydrogen-bond donors (Lipinski definition) is 0. The Morgan fingerprint density at radius 2 is 2.17 bits per heavy atom. The second-order valence-corrected chi connectivity index (χ2v) is 7.25. The van der Waals surface area contributed by atoms with Crippen molar-refractivity contribution in [2.75, 3.05) is 32.9 Å². The average Bonchev–Trinajstić information content (AvgIpc) is 2.93. The standard InChI is InChI=1S/C17H21ClFNO3/c1-16(2,13-4-3-12(18)9-14(13)19)15(21)20-6-8-23-17(10-20)5-7-22-11-17/h3-4,9H,5-8,10-11H2,1-2H3. The summed E-state index contributed by atoms with van der Waals surface area (Å²) in [4.78, 5) is 14.8. The summed E-state index contributed by atoms with van der Waals surface area (Å²) in [6.45, 7) is 6.13. The molecule has 0 aromatic heterocycles. The van der Waals surface area contributed by atoms with Crippen LogP contribution in [0.2, 0.25) is 5.02 Å². The van der Waals surface area contributed by atoms with Crippen molar-refractivity contribution in [3.8, 4) is 0 Å². The van der Waals surface area contributed by atoms with Crippen molar-refractivity contribution in [2.45, 2.75) is 31.3 Å². The third-order valence-electron chi connectivity index (χ3n) is 4.74. The summed E-state index contributed by atoms with van der Waals surface area (Å²) in [5, 5.41) is 0.322. The van der Waals surface area contributed by atoms with Gasteiger partial charge >= 0.3 is 0 Å². The van der Waals surface area contributed by atoms with Crippen LogP contribution >= 0.6 is 11.6 Å². The Balaban J connectivity index is 1.83. The van der Waals surface area contributed by atoms with Crippen LogP contribution in [0.3, 0.4) is 0 Å². The molecule has 1 amide bonds. The summed E-state index contributed by atoms with van der Waals surface area (Å²) < 4.78 is 25.6. The molecule has 4 nitrogen and oxygen atoms in total. The minimum absolute atomic E-state index is 0.103. The van der Waals surface area contributed by atoms with E-state index < -0.39 is 16.8 Å². The molecule has 2 aliphatic rings. The summed E-state index contributed by atoms with van der Waals surface area (Å²) in [7, 11) is 0. The molecule has 2 heterocycles. The van der Waals surface area contributed by atoms with E-state index in [9.17, 15) is 9.18 Å². The predicted octanol–water partition coefficient (Wildman–Crippen LogP) is 2.77. The van der Waals surface area contributed by atoms with Crippen molar-refractivity contribution in [1.82, 2.24) is 4.90 Å². The van der Waals surface area contributed by atoms with Crippen molar-refractivity contribution in [3.63, 3.8) is 0 Å². The molecule has 0 aliphatic carbocycles. The van der Waals surface area contributed by atoms with Gasteiger partial charge < -0.3 is 14.4 Å². The van der Waals surface area contributed by atoms with Crippen molar-refractivity contribution in [1.29, 1.82) is 0 Å². The number of carbonyl (C=O) groups is 1. The van der Waals surface area contributed by atoms with E-state index in [0.29, 0.717) is 43.5 Å². The zero-order chi connectivity index (χ0) is 16.7. The van der Waals surface area contributed by atoms with E-state index in [4.69, 9.17) is 21.1 Å². The van der Waals surface area contributed by atoms with Crippen LogP contribution in [0.5, 0.6) is 0 Å². The molecule has 0 radical (unpaired) electrons. The molecule has 0 saturated carbocycles. The van der Waals surface area contributed by atoms with E-state index in [-0.39, 0.29) is 5.91 Å². The predicted molar refractivity (Wildman–Crippen MR) is 85.1 cm³/mol. The van der Waals surface area contributed by atoms with Crippen LogP contribution in [0, 0.1) is 5.82 Å². The van der Waals surface area contributed by atoms with Gasteiger partial charge in [0.25, 0.3) is 0 Å². The third kappa shape index (κ3) is 3.10. The van der Waals surface area contributed by atoms with Crippen molar-refractivity contribution in [3.05, 3.63) is 34.6 Å². The lowest BCUT2D eigenvalue weighted by atomic mass is 9.82. The molecular weight excluding hydrogens is 321 g/mol. The fraction of sp³-hybridized carbons (Fsp3) is 0.588. The van der Waals surface area contributed by atoms with Crippen molar-refractivity contribution < 1.29 is 18.7 Å². The summed E-state index contributed by atoms with van der Waals surface area (Å²) in [6.07, 6.45) is 0.784. The van der Waals surface area contributed by atoms with Gasteiger partial charge in [-0.05, 0) is 26.0 Å². The van der Waals surface area contributed by atoms with Crippen LogP contribution in [0.1, 0.15) is 25.8 Å². The van der Waals surface area contributed by atoms with Gasteiger partial charge in [0.2, 0.25) is 5.91 Å². The lowest BCUT2D eigenvalue weighted by Crippen LogP contribution is -2.57. The molecule has 2 saturated heterocycles. The number of nitrogens with zero attached hydrogens (tertiary/aromatic N) is 1. The summed E-state index contributed by atoms with van der Waals surface area (Å²) in [5.74, 6) is -0.559. The van der Waals surface area contributed by atoms with Gasteiger partial charge in [-0.2, -0.15) is 0 Å². The van der Waals surface area contributed by atoms with Gasteiger partial charge in [0.05, 0.1) is 25.2 Å². The highest BCUT2D eigenvalue weighted by Gasteiger charge is 2.45. The molecule has 6 heteroatoms. The molecule has 1 unspecified atom stereocenters. The van der Waals surface area contributed by atoms with E-state index in [1.807, 2.05) is 0 Å². The quantitative estimate of drug-likeness (QED) is 0.830. The number of benzene rings is 1. The molecule has 2 aliphatic heterocycles. The highest BCUT2D eigenvalue weighted by molar-refractivity contribution is 6.30. The van der Waals surface area contributed by atoms with Gasteiger partial charge in [-0.3, -0.25) is 4.79 Å². The number of carbonyl (C=O) groups excluding carboxylic acids is 1. The fourth-order valence-corrected chi connectivity index (χ4v) is 3.51. The molecule has 0 N–H and O–H groups in total. The first-order valence-corrected chi connectivity index (χ1v) is 8.18. The number of amides is 1. The molecule has 23 heavy (non-hydrogen) atoms. The largest absolute Gasteiger partial charge is 0.378 e. The average molecular weight is 342 g/mol. The van der Waals surface area contributed by atoms with Crippen LogP contribution < -0.4 is 0 Å². The van der Waals surface area contributed by atoms with Crippen molar-refractivity contribution in [2.24, 2.45) is 0 Å². The van der Waals surface area contributed by atoms with E-state index in [0.717, 1.165) is 6.42 Å². The van der Waals surface area contributed by atoms with Crippen LogP contribution in [-0.4, -0.2) is 49.3 Å². The normalized spacial score (nSPS) is 25.1. The zero-order valence-electron chi connectivity index (χ0n) is 13.4. The Bertz CT molecular complexity index is 614. The second kappa shape index (κ2) is 6.04. The Morgan fingerprint density at radius 3 is 2.83 bits per heavy atom. The number of morpholine rings is 1. The van der Waals surface area contributed by atoms with Gasteiger partial charge in [-0.25, -0.2) is 4.39 Å². The molecular formula is C17H21ClFNO3. The smallest absolute Gasteiger partial charge is 0.232 e. The van der Waals surface area contributed by atoms with Gasteiger partial charge in [0, 0.05) is 30.2 Å². The van der Waals surface area contributed by atoms with Gasteiger partial charge in [-0.15, -0.1) is 0 Å². The van der Waals surface area contributed by atoms with Crippen LogP contribution in [0.4, 0.5) is 4.39 Å². The lowest BCUT2D eigenvalue weighted by Gasteiger charge is -2.42. The second-order valence-electron chi connectivity index (χ2n) is 6.81. The maximum atomic E-state index is 14.3. The minimum atomic E-state index is -0.966. The minimum Gasteiger partial charge on any atom is -0.378 e. The molecule has 126 valence electrons. The molecule has 3 rings (SSSR count). The zero-order valence-corrected chi connectivity index (χ0v) is 14.2. The molecule has 2 fully saturated rings. The fourth-order valence-electron chi connectivity index (χ4n) is 3.35. The SMILES string of the molecule is CC(C)(C(=O)N1CCOC2(CCOC2)C1)c1ccc(Cl)cc1F. The molecule has 0 bridgehead atoms. The molecule has 1 atom stereocenters. The molecule has 1 spiro atoms. The summed E-state index contributed by atoms with van der Waals surface area (Å²) in [5.41, 5.74) is -1.01. The van der Waals surface area contributed by atoms with Crippen LogP contribution in [0.25, 0.3) is 0 Å². The Labute approximate surface area is 140 Å². The van der Waals surface area contributed by atoms with Gasteiger partial charge in [0.15, 0.2) is 0 Å². The van der Waals surface area contributed by atoms with E-state index in [1.54, 1.807) is 30.9 Å². The first kappa shape index (κ1) is 16.7. The Kier molecular flexibility index (Phi) is 4.38. The van der Waals surface area contributed by atoms with Crippen LogP contribution in [0.15, 0.2) is 18.2 Å². The van der Waals surface area contributed by atoms with Gasteiger partial charge in [0.1, 0.15) is 11.4 Å². The van der Waals surface area contributed by atoms with Crippen LogP contribution in [-0.2, 0) is 19.7 Å². The number of halogens is 2. The molecule has 1 aromatic rings. The number of hydrogen-bond acceptors (Lipinski definition) is 3. The first-order valence-electron chi connectivity index (χ1n) is 7.81. The third-order valence-corrected chi connectivity index (χ3v) is 4.98. The van der Waals surface area contributed by atoms with Gasteiger partial charge in [-0.1, -0.05) is 17.7 Å². The highest BCUT2D eigenvalue weighted by atomic mass is 35.5. The summed E-state index contributed by atoms with van der Waals surface area (Å²) >= 11 is 5.81. The maximum Gasteiger partial charge on any atom is 0.232 e. The number of rotatable bonds is 2. The Morgan fingerprint density at radius 1 is 1.39 bits per heavy atom.